The van der Waals surface area contributed by atoms with Crippen molar-refractivity contribution in [3.8, 4) is 11.5 Å². The lowest BCUT2D eigenvalue weighted by atomic mass is 9.86. The number of carbonyl (C=O) groups excluding carboxylic acids is 1. The average molecular weight is 406 g/mol. The summed E-state index contributed by atoms with van der Waals surface area (Å²) in [6.07, 6.45) is 4.95. The maximum atomic E-state index is 12.5. The maximum absolute atomic E-state index is 12.5. The van der Waals surface area contributed by atoms with Gasteiger partial charge in [0.2, 0.25) is 0 Å². The quantitative estimate of drug-likeness (QED) is 0.598. The molecule has 1 aliphatic heterocycles. The van der Waals surface area contributed by atoms with Crippen LogP contribution in [0, 0.1) is 12.8 Å². The molecule has 1 aromatic rings. The number of hydrogen-bond acceptors (Lipinski definition) is 3. The Morgan fingerprint density at radius 1 is 1.03 bits per heavy atom. The number of carbonyl (C=O) groups is 1. The summed E-state index contributed by atoms with van der Waals surface area (Å²) >= 11 is 0. The highest BCUT2D eigenvalue weighted by molar-refractivity contribution is 5.77. The first-order chi connectivity index (χ1) is 14.0. The van der Waals surface area contributed by atoms with Gasteiger partial charge in [0.15, 0.2) is 18.0 Å². The van der Waals surface area contributed by atoms with E-state index in [4.69, 9.17) is 9.47 Å². The number of hydrogen-bond donors (Lipinski definition) is 3. The van der Waals surface area contributed by atoms with E-state index in [2.05, 4.69) is 31.3 Å². The number of amides is 1. The van der Waals surface area contributed by atoms with Gasteiger partial charge < -0.3 is 24.6 Å². The summed E-state index contributed by atoms with van der Waals surface area (Å²) in [7, 11) is 3.36. The molecule has 1 saturated carbocycles. The zero-order chi connectivity index (χ0) is 20.8. The fourth-order valence-corrected chi connectivity index (χ4v) is 4.81. The molecule has 162 valence electrons. The van der Waals surface area contributed by atoms with Crippen LogP contribution in [0.4, 0.5) is 0 Å². The minimum absolute atomic E-state index is 0.234. The third kappa shape index (κ3) is 5.86. The molecular formula is C23H39N3O3+2. The maximum Gasteiger partial charge on any atom is 0.275 e. The zero-order valence-corrected chi connectivity index (χ0v) is 18.6. The van der Waals surface area contributed by atoms with Crippen LogP contribution in [0.25, 0.3) is 0 Å². The molecule has 0 bridgehead atoms. The first-order valence-electron chi connectivity index (χ1n) is 11.2. The van der Waals surface area contributed by atoms with Crippen molar-refractivity contribution in [3.05, 3.63) is 23.3 Å². The van der Waals surface area contributed by atoms with Gasteiger partial charge in [-0.3, -0.25) is 4.79 Å². The first kappa shape index (κ1) is 21.9. The highest BCUT2D eigenvalue weighted by Gasteiger charge is 2.28. The van der Waals surface area contributed by atoms with Gasteiger partial charge in [-0.2, -0.15) is 0 Å². The van der Waals surface area contributed by atoms with Crippen molar-refractivity contribution >= 4 is 5.91 Å². The Morgan fingerprint density at radius 2 is 1.66 bits per heavy atom. The highest BCUT2D eigenvalue weighted by Crippen LogP contribution is 2.29. The van der Waals surface area contributed by atoms with Crippen LogP contribution in [-0.4, -0.2) is 58.9 Å². The number of nitrogens with one attached hydrogen (secondary N) is 3. The first-order valence-corrected chi connectivity index (χ1v) is 11.2. The summed E-state index contributed by atoms with van der Waals surface area (Å²) < 4.78 is 10.9. The number of benzene rings is 1. The van der Waals surface area contributed by atoms with Crippen molar-refractivity contribution in [1.29, 1.82) is 0 Å². The van der Waals surface area contributed by atoms with Gasteiger partial charge in [-0.05, 0) is 43.4 Å². The lowest BCUT2D eigenvalue weighted by molar-refractivity contribution is -1.02. The molecule has 1 saturated heterocycles. The van der Waals surface area contributed by atoms with Crippen LogP contribution in [-0.2, 0) is 11.3 Å². The Bertz CT molecular complexity index is 686. The molecule has 6 nitrogen and oxygen atoms in total. The molecule has 1 aliphatic carbocycles. The van der Waals surface area contributed by atoms with Crippen molar-refractivity contribution in [2.24, 2.45) is 5.92 Å². The van der Waals surface area contributed by atoms with E-state index in [1.54, 1.807) is 19.1 Å². The Kier molecular flexibility index (Phi) is 7.78. The standard InChI is InChI=1S/C23H37N3O3/c1-17-7-5-6-8-20(17)24-23(27)16-26-11-9-25(10-12-26)15-19-14-22(29-4)21(28-3)13-18(19)2/h13-14,17,20H,5-12,15-16H2,1-4H3,(H,24,27)/p+2/t17-,20+/m0/s1. The molecule has 0 radical (unpaired) electrons. The largest absolute Gasteiger partial charge is 0.493 e. The SMILES string of the molecule is COc1cc(C)c(C[NH+]2CC[NH+](CC(=O)N[C@@H]3CCCC[C@@H]3C)CC2)cc1OC. The van der Waals surface area contributed by atoms with Crippen LogP contribution in [0.15, 0.2) is 12.1 Å². The van der Waals surface area contributed by atoms with Crippen LogP contribution < -0.4 is 24.6 Å². The third-order valence-electron chi connectivity index (χ3n) is 6.82. The van der Waals surface area contributed by atoms with Crippen molar-refractivity contribution < 1.29 is 24.1 Å². The van der Waals surface area contributed by atoms with Gasteiger partial charge in [-0.25, -0.2) is 0 Å². The highest BCUT2D eigenvalue weighted by atomic mass is 16.5. The molecule has 1 aromatic carbocycles. The summed E-state index contributed by atoms with van der Waals surface area (Å²) in [5.74, 6) is 2.44. The summed E-state index contributed by atoms with van der Waals surface area (Å²) in [6, 6.07) is 4.56. The third-order valence-corrected chi connectivity index (χ3v) is 6.82. The van der Waals surface area contributed by atoms with Gasteiger partial charge >= 0.3 is 0 Å². The predicted octanol–water partition coefficient (Wildman–Crippen LogP) is -0.00948. The van der Waals surface area contributed by atoms with E-state index in [1.807, 2.05) is 0 Å². The van der Waals surface area contributed by atoms with Crippen molar-refractivity contribution in [1.82, 2.24) is 5.32 Å². The van der Waals surface area contributed by atoms with Gasteiger partial charge in [0.25, 0.3) is 5.91 Å². The van der Waals surface area contributed by atoms with E-state index in [0.29, 0.717) is 18.5 Å². The molecular weight excluding hydrogens is 366 g/mol. The van der Waals surface area contributed by atoms with E-state index >= 15 is 0 Å². The Balaban J connectivity index is 1.46. The van der Waals surface area contributed by atoms with E-state index in [-0.39, 0.29) is 5.91 Å². The topological polar surface area (TPSA) is 56.4 Å². The molecule has 1 amide bonds. The van der Waals surface area contributed by atoms with Crippen LogP contribution >= 0.6 is 0 Å². The molecule has 2 atom stereocenters. The van der Waals surface area contributed by atoms with Crippen LogP contribution in [0.1, 0.15) is 43.7 Å². The second-order valence-corrected chi connectivity index (χ2v) is 8.92. The Morgan fingerprint density at radius 3 is 2.31 bits per heavy atom. The normalized spacial score (nSPS) is 27.3. The lowest BCUT2D eigenvalue weighted by Crippen LogP contribution is -3.28. The molecule has 0 spiro atoms. The Hall–Kier alpha value is -1.79. The van der Waals surface area contributed by atoms with Crippen molar-refractivity contribution in [2.45, 2.75) is 52.1 Å². The lowest BCUT2D eigenvalue weighted by Gasteiger charge is -2.32. The molecule has 1 heterocycles. The minimum Gasteiger partial charge on any atom is -0.493 e. The molecule has 0 unspecified atom stereocenters. The van der Waals surface area contributed by atoms with E-state index in [9.17, 15) is 4.79 Å². The van der Waals surface area contributed by atoms with Gasteiger partial charge in [0.1, 0.15) is 32.7 Å². The molecule has 6 heteroatoms. The minimum atomic E-state index is 0.234. The van der Waals surface area contributed by atoms with E-state index < -0.39 is 0 Å². The number of rotatable bonds is 7. The molecule has 2 aliphatic rings. The molecule has 3 rings (SSSR count). The fraction of sp³-hybridized carbons (Fsp3) is 0.696. The predicted molar refractivity (Wildman–Crippen MR) is 114 cm³/mol. The van der Waals surface area contributed by atoms with Gasteiger partial charge in [-0.15, -0.1) is 0 Å². The van der Waals surface area contributed by atoms with E-state index in [1.165, 1.54) is 35.3 Å². The van der Waals surface area contributed by atoms with Crippen LogP contribution in [0.2, 0.25) is 0 Å². The summed E-state index contributed by atoms with van der Waals surface area (Å²) in [5, 5.41) is 3.31. The number of piperazine rings is 1. The zero-order valence-electron chi connectivity index (χ0n) is 18.6. The number of quaternary nitrogens is 2. The van der Waals surface area contributed by atoms with Crippen molar-refractivity contribution in [2.75, 3.05) is 46.9 Å². The van der Waals surface area contributed by atoms with Crippen molar-refractivity contribution in [3.63, 3.8) is 0 Å². The van der Waals surface area contributed by atoms with Gasteiger partial charge in [0.05, 0.1) is 14.2 Å². The summed E-state index contributed by atoms with van der Waals surface area (Å²) in [6.45, 7) is 10.3. The number of aryl methyl sites for hydroxylation is 1. The smallest absolute Gasteiger partial charge is 0.275 e. The number of methoxy groups -OCH3 is 2. The van der Waals surface area contributed by atoms with Crippen LogP contribution in [0.3, 0.4) is 0 Å². The van der Waals surface area contributed by atoms with E-state index in [0.717, 1.165) is 50.6 Å². The molecule has 3 N–H and O–H groups in total. The molecule has 0 aromatic heterocycles. The van der Waals surface area contributed by atoms with Gasteiger partial charge in [0, 0.05) is 11.6 Å². The number of ether oxygens (including phenoxy) is 2. The molecule has 29 heavy (non-hydrogen) atoms. The monoisotopic (exact) mass is 405 g/mol. The fourth-order valence-electron chi connectivity index (χ4n) is 4.81. The Labute approximate surface area is 175 Å². The summed E-state index contributed by atoms with van der Waals surface area (Å²) in [4.78, 5) is 15.5. The summed E-state index contributed by atoms with van der Waals surface area (Å²) in [5.41, 5.74) is 2.55. The van der Waals surface area contributed by atoms with Crippen LogP contribution in [0.5, 0.6) is 11.5 Å². The van der Waals surface area contributed by atoms with Gasteiger partial charge in [-0.1, -0.05) is 19.8 Å². The molecule has 2 fully saturated rings. The second-order valence-electron chi connectivity index (χ2n) is 8.92. The second kappa shape index (κ2) is 10.3. The average Bonchev–Trinajstić information content (AvgIpc) is 2.72.